The van der Waals surface area contributed by atoms with Crippen LogP contribution in [0.4, 0.5) is 29.7 Å². The summed E-state index contributed by atoms with van der Waals surface area (Å²) < 4.78 is 115. The number of esters is 3. The minimum absolute atomic E-state index is 0.00474. The van der Waals surface area contributed by atoms with Crippen molar-refractivity contribution < 1.29 is 112 Å². The minimum atomic E-state index is -4.59. The van der Waals surface area contributed by atoms with Crippen molar-refractivity contribution in [3.8, 4) is 0 Å². The number of carbonyl (C=O) groups is 10. The summed E-state index contributed by atoms with van der Waals surface area (Å²) in [5, 5.41) is 39.4. The molecule has 6 amide bonds. The standard InChI is InChI=1S/C40H48FN5O12S.C38H44FN5O12S/c1-5-56-37(50)40-21-27(40)12-8-9-17-44(59(54,55)33-15-7-6-14-31(33)46(52)53)18-16-25(19-34(47)58-39(2,3)4)36(49)45-23-28(20-32(45)35(48)42-40)57-38(51)43-22-26-11-10-13-30(41)29(26)24-43;1-37(2,3)56-32(45)17-23-14-16-42(57(53,54)31-13-5-4-12-29(31)44(51)52)15-7-6-10-25-19-38(25,35(48)49)40-33(46)30-18-26(21-43(30)34(23)47)55-36(50)41-20-24-9-8-11-28(39)27(24)22-41/h6-8,10-15,25,27-28,32H,5,9,16-24H2,1-4H3,(H,42,48);4-6,8-13,23,25-26,30H,7,14-22H2,1-3H3,(H,40,46)(H,48,49)/b12-8-;10-6-/t25-,27-,28-,32+,40-;23-,25-,26-,30+,38-/m11/s1. The molecule has 0 unspecified atom stereocenters. The maximum absolute atomic E-state index is 14.7. The second-order valence-corrected chi connectivity index (χ2v) is 35.6. The number of aliphatic carboxylic acids is 1. The number of sulfonamides is 2. The predicted octanol–water partition coefficient (Wildman–Crippen LogP) is 7.49. The Morgan fingerprint density at radius 3 is 1.35 bits per heavy atom. The molecule has 0 aromatic heterocycles. The molecule has 2 saturated heterocycles. The number of nitro benzene ring substituents is 2. The molecule has 4 aromatic rings. The SMILES string of the molecule is CC(C)(C)OC(=O)C[C@H]1CCN(S(=O)(=O)c2ccccc2[N+](=O)[O-])CC/C=C\[C@@H]2C[C@@]2(C(=O)O)NC(=O)[C@@H]2C[C@@H](OC(=O)N3Cc4cccc(F)c4C3)CN2C1=O.CCOC(=O)[C@@]12C[C@H]1/C=C\CCN(S(=O)(=O)c1ccccc1[N+](=O)[O-])CC[C@H](CC(=O)OC(C)(C)C)C(=O)N1C[C@H](OC(=O)N3Cc4cccc(F)c4C3)C[C@H]1C(=O)N2. The van der Waals surface area contributed by atoms with Crippen molar-refractivity contribution >= 4 is 91.1 Å². The lowest BCUT2D eigenvalue weighted by molar-refractivity contribution is -0.388. The molecule has 624 valence electrons. The number of carboxylic acids is 1. The minimum Gasteiger partial charge on any atom is -0.479 e. The summed E-state index contributed by atoms with van der Waals surface area (Å²) in [5.74, 6) is -11.6. The number of nitro groups is 2. The van der Waals surface area contributed by atoms with Gasteiger partial charge < -0.3 is 49.2 Å². The molecule has 6 aliphatic heterocycles. The number of ether oxygens (including phenoxy) is 5. The van der Waals surface area contributed by atoms with Gasteiger partial charge in [0.05, 0.1) is 55.5 Å². The van der Waals surface area contributed by atoms with E-state index in [-0.39, 0.29) is 123 Å². The Labute approximate surface area is 667 Å². The molecule has 6 heterocycles. The van der Waals surface area contributed by atoms with E-state index < -0.39 is 205 Å². The molecular weight excluding hydrogens is 1560 g/mol. The number of amides is 6. The topological polar surface area (TPSA) is 435 Å². The van der Waals surface area contributed by atoms with Crippen LogP contribution in [0.25, 0.3) is 0 Å². The molecule has 2 aliphatic carbocycles. The normalized spacial score (nSPS) is 25.9. The number of rotatable bonds is 15. The van der Waals surface area contributed by atoms with Crippen LogP contribution >= 0.6 is 0 Å². The van der Waals surface area contributed by atoms with E-state index in [4.69, 9.17) is 23.7 Å². The van der Waals surface area contributed by atoms with Crippen LogP contribution in [0.15, 0.2) is 119 Å². The van der Waals surface area contributed by atoms with Crippen LogP contribution in [0.1, 0.15) is 135 Å². The van der Waals surface area contributed by atoms with Crippen molar-refractivity contribution in [1.29, 1.82) is 0 Å². The lowest BCUT2D eigenvalue weighted by Crippen LogP contribution is -2.54. The van der Waals surface area contributed by atoms with Crippen LogP contribution in [0.2, 0.25) is 0 Å². The summed E-state index contributed by atoms with van der Waals surface area (Å²) in [7, 11) is -9.16. The summed E-state index contributed by atoms with van der Waals surface area (Å²) in [4.78, 5) is 163. The molecule has 4 fully saturated rings. The van der Waals surface area contributed by atoms with Crippen LogP contribution < -0.4 is 10.6 Å². The number of hydrogen-bond donors (Lipinski definition) is 3. The Morgan fingerprint density at radius 2 is 0.966 bits per heavy atom. The number of fused-ring (bicyclic) bond motifs is 6. The average molecular weight is 1660 g/mol. The Balaban J connectivity index is 0.000000228. The van der Waals surface area contributed by atoms with Crippen LogP contribution in [-0.2, 0) is 108 Å². The summed E-state index contributed by atoms with van der Waals surface area (Å²) >= 11 is 0. The smallest absolute Gasteiger partial charge is 0.410 e. The summed E-state index contributed by atoms with van der Waals surface area (Å²) in [6.45, 7) is 9.55. The highest BCUT2D eigenvalue weighted by molar-refractivity contribution is 7.89. The van der Waals surface area contributed by atoms with Crippen molar-refractivity contribution in [2.75, 3.05) is 45.9 Å². The van der Waals surface area contributed by atoms with Gasteiger partial charge in [-0.3, -0.25) is 58.8 Å². The second kappa shape index (κ2) is 34.5. The molecule has 12 rings (SSSR count). The lowest BCUT2D eigenvalue weighted by Gasteiger charge is -2.30. The van der Waals surface area contributed by atoms with Crippen molar-refractivity contribution in [3.63, 3.8) is 0 Å². The van der Waals surface area contributed by atoms with Crippen LogP contribution in [-0.4, -0.2) is 212 Å². The fourth-order valence-corrected chi connectivity index (χ4v) is 18.7. The summed E-state index contributed by atoms with van der Waals surface area (Å²) in [6.07, 6.45) is 0.805. The van der Waals surface area contributed by atoms with E-state index in [1.54, 1.807) is 84.9 Å². The molecular formula is C78H92F2N10O24S2. The highest BCUT2D eigenvalue weighted by Crippen LogP contribution is 2.48. The largest absolute Gasteiger partial charge is 0.479 e. The third-order valence-electron chi connectivity index (χ3n) is 21.3. The van der Waals surface area contributed by atoms with E-state index in [0.29, 0.717) is 22.3 Å². The van der Waals surface area contributed by atoms with Gasteiger partial charge in [-0.15, -0.1) is 0 Å². The number of nitrogens with zero attached hydrogens (tertiary/aromatic N) is 8. The first-order valence-corrected chi connectivity index (χ1v) is 40.9. The average Bonchev–Trinajstić information content (AvgIpc) is 1.58. The van der Waals surface area contributed by atoms with Gasteiger partial charge in [-0.1, -0.05) is 72.8 Å². The fraction of sp³-hybridized carbons (Fsp3) is 0.513. The third kappa shape index (κ3) is 19.3. The van der Waals surface area contributed by atoms with E-state index in [2.05, 4.69) is 10.6 Å². The van der Waals surface area contributed by atoms with Gasteiger partial charge in [0.1, 0.15) is 58.2 Å². The number of para-hydroxylation sites is 2. The van der Waals surface area contributed by atoms with Crippen LogP contribution in [0.5, 0.6) is 0 Å². The van der Waals surface area contributed by atoms with E-state index in [1.165, 1.54) is 58.3 Å². The molecule has 0 spiro atoms. The third-order valence-corrected chi connectivity index (χ3v) is 25.2. The number of hydrogen-bond acceptors (Lipinski definition) is 23. The number of benzene rings is 4. The van der Waals surface area contributed by atoms with Gasteiger partial charge in [0.2, 0.25) is 43.7 Å². The highest BCUT2D eigenvalue weighted by Gasteiger charge is 2.64. The highest BCUT2D eigenvalue weighted by atomic mass is 32.2. The Bertz CT molecular complexity index is 4880. The van der Waals surface area contributed by atoms with Crippen LogP contribution in [0, 0.1) is 55.5 Å². The zero-order chi connectivity index (χ0) is 84.3. The fourth-order valence-electron chi connectivity index (χ4n) is 15.4. The molecule has 2 saturated carbocycles. The Hall–Kier alpha value is -10.9. The van der Waals surface area contributed by atoms with Gasteiger partial charge >= 0.3 is 36.1 Å². The van der Waals surface area contributed by atoms with E-state index in [9.17, 15) is 98.9 Å². The van der Waals surface area contributed by atoms with Crippen LogP contribution in [0.3, 0.4) is 0 Å². The Kier molecular flexibility index (Phi) is 25.6. The number of halogens is 2. The number of nitrogens with one attached hydrogen (secondary N) is 2. The van der Waals surface area contributed by atoms with Gasteiger partial charge in [-0.2, -0.15) is 8.61 Å². The van der Waals surface area contributed by atoms with E-state index in [1.807, 2.05) is 0 Å². The van der Waals surface area contributed by atoms with Gasteiger partial charge in [0.15, 0.2) is 9.79 Å². The monoisotopic (exact) mass is 1650 g/mol. The van der Waals surface area contributed by atoms with Crippen molar-refractivity contribution in [3.05, 3.63) is 163 Å². The maximum atomic E-state index is 14.7. The Morgan fingerprint density at radius 1 is 0.569 bits per heavy atom. The second-order valence-electron chi connectivity index (χ2n) is 31.8. The first-order chi connectivity index (χ1) is 54.6. The zero-order valence-corrected chi connectivity index (χ0v) is 66.5. The molecule has 34 nitrogen and oxygen atoms in total. The van der Waals surface area contributed by atoms with Crippen molar-refractivity contribution in [2.45, 2.75) is 195 Å². The number of carbonyl (C=O) groups excluding carboxylic acids is 9. The molecule has 116 heavy (non-hydrogen) atoms. The van der Waals surface area contributed by atoms with Gasteiger partial charge in [0.25, 0.3) is 11.4 Å². The first kappa shape index (κ1) is 86.0. The first-order valence-electron chi connectivity index (χ1n) is 38.0. The van der Waals surface area contributed by atoms with Gasteiger partial charge in [0, 0.05) is 99.0 Å². The van der Waals surface area contributed by atoms with E-state index >= 15 is 0 Å². The molecule has 4 aromatic carbocycles. The van der Waals surface area contributed by atoms with Gasteiger partial charge in [-0.25, -0.2) is 44.8 Å². The lowest BCUT2D eigenvalue weighted by atomic mass is 9.98. The quantitative estimate of drug-likeness (QED) is 0.0341. The molecule has 0 radical (unpaired) electrons. The molecule has 38 heteroatoms. The summed E-state index contributed by atoms with van der Waals surface area (Å²) in [6, 6.07) is 16.0. The maximum Gasteiger partial charge on any atom is 0.410 e. The predicted molar refractivity (Wildman–Crippen MR) is 403 cm³/mol. The van der Waals surface area contributed by atoms with Crippen molar-refractivity contribution in [1.82, 2.24) is 38.8 Å². The molecule has 8 aliphatic rings. The summed E-state index contributed by atoms with van der Waals surface area (Å²) in [5.41, 5.74) is -4.60. The molecule has 0 bridgehead atoms. The van der Waals surface area contributed by atoms with E-state index in [0.717, 1.165) is 42.7 Å². The van der Waals surface area contributed by atoms with Crippen molar-refractivity contribution in [2.24, 2.45) is 23.7 Å². The number of carboxylic acid groups (broad SMARTS) is 1. The molecule has 10 atom stereocenters. The molecule has 3 N–H and O–H groups in total. The van der Waals surface area contributed by atoms with Gasteiger partial charge in [-0.05, 0) is 122 Å². The zero-order valence-electron chi connectivity index (χ0n) is 64.8.